The molecule has 33 heavy (non-hydrogen) atoms. The van der Waals surface area contributed by atoms with Gasteiger partial charge in [0.25, 0.3) is 0 Å². The first-order chi connectivity index (χ1) is 15.8. The average molecular weight is 481 g/mol. The van der Waals surface area contributed by atoms with Gasteiger partial charge in [0, 0.05) is 23.6 Å². The molecule has 2 aromatic carbocycles. The highest BCUT2D eigenvalue weighted by molar-refractivity contribution is 6.31. The second kappa shape index (κ2) is 8.72. The molecular weight excluding hydrogens is 457 g/mol. The van der Waals surface area contributed by atoms with Crippen LogP contribution >= 0.6 is 11.6 Å². The lowest BCUT2D eigenvalue weighted by molar-refractivity contribution is -0.137. The number of carbonyl (C=O) groups excluding carboxylic acids is 1. The number of fused-ring (bicyclic) bond motifs is 4. The summed E-state index contributed by atoms with van der Waals surface area (Å²) in [5, 5.41) is 2.96. The Balaban J connectivity index is 1.32. The maximum Gasteiger partial charge on any atom is 0.416 e. The predicted octanol–water partition coefficient (Wildman–Crippen LogP) is 5.67. The molecule has 0 spiro atoms. The van der Waals surface area contributed by atoms with Crippen LogP contribution in [-0.2, 0) is 10.9 Å². The number of amides is 1. The van der Waals surface area contributed by atoms with E-state index < -0.39 is 17.8 Å². The predicted molar refractivity (Wildman–Crippen MR) is 117 cm³/mol. The fraction of sp³-hybridized carbons (Fsp3) is 0.458. The Bertz CT molecular complexity index is 1050. The van der Waals surface area contributed by atoms with Gasteiger partial charge in [0.1, 0.15) is 11.9 Å². The third-order valence-electron chi connectivity index (χ3n) is 6.76. The normalized spacial score (nSPS) is 26.3. The summed E-state index contributed by atoms with van der Waals surface area (Å²) < 4.78 is 51.1. The molecule has 1 amide bonds. The number of rotatable bonds is 3. The van der Waals surface area contributed by atoms with Crippen molar-refractivity contribution in [3.8, 4) is 16.9 Å². The number of nitrogens with zero attached hydrogens (tertiary/aromatic N) is 1. The van der Waals surface area contributed by atoms with Crippen LogP contribution in [0.2, 0.25) is 5.02 Å². The second-order valence-corrected chi connectivity index (χ2v) is 9.33. The Morgan fingerprint density at radius 1 is 1.09 bits per heavy atom. The summed E-state index contributed by atoms with van der Waals surface area (Å²) in [6, 6.07) is 8.35. The van der Waals surface area contributed by atoms with Crippen molar-refractivity contribution < 1.29 is 27.4 Å². The molecular formula is C24H24ClF3N2O3. The smallest absolute Gasteiger partial charge is 0.416 e. The zero-order valence-corrected chi connectivity index (χ0v) is 18.6. The third kappa shape index (κ3) is 4.77. The van der Waals surface area contributed by atoms with Crippen molar-refractivity contribution in [2.24, 2.45) is 5.92 Å². The number of alkyl halides is 3. The zero-order chi connectivity index (χ0) is 23.2. The lowest BCUT2D eigenvalue weighted by atomic mass is 9.86. The van der Waals surface area contributed by atoms with Crippen LogP contribution in [0.5, 0.6) is 5.75 Å². The van der Waals surface area contributed by atoms with E-state index in [-0.39, 0.29) is 17.2 Å². The van der Waals surface area contributed by atoms with Gasteiger partial charge < -0.3 is 14.8 Å². The summed E-state index contributed by atoms with van der Waals surface area (Å²) in [6.45, 7) is 3.30. The number of carbonyl (C=O) groups is 1. The maximum atomic E-state index is 13.2. The van der Waals surface area contributed by atoms with Gasteiger partial charge in [-0.2, -0.15) is 13.2 Å². The standard InChI is InChI=1S/C24H24ClF3N2O3/c25-18-10-16(9-17(12-18)24(26,27)28)15-1-2-19-20(5-8-32-21(19)11-15)29-23(31)33-22-13-30-6-3-14(22)4-7-30/h1-2,9-12,14,20,22H,3-8,13H2,(H,29,31)/t20?,22-/m1/s1. The quantitative estimate of drug-likeness (QED) is 0.615. The molecule has 5 nitrogen and oxygen atoms in total. The van der Waals surface area contributed by atoms with Crippen LogP contribution in [0.15, 0.2) is 36.4 Å². The minimum atomic E-state index is -4.49. The molecule has 2 atom stereocenters. The molecule has 6 rings (SSSR count). The highest BCUT2D eigenvalue weighted by Gasteiger charge is 2.37. The number of hydrogen-bond donors (Lipinski definition) is 1. The number of nitrogens with one attached hydrogen (secondary N) is 1. The van der Waals surface area contributed by atoms with Crippen molar-refractivity contribution in [1.29, 1.82) is 0 Å². The van der Waals surface area contributed by atoms with Crippen LogP contribution in [0.4, 0.5) is 18.0 Å². The van der Waals surface area contributed by atoms with Crippen LogP contribution < -0.4 is 10.1 Å². The Kier molecular flexibility index (Phi) is 5.91. The van der Waals surface area contributed by atoms with E-state index in [1.807, 2.05) is 0 Å². The fourth-order valence-electron chi connectivity index (χ4n) is 5.00. The summed E-state index contributed by atoms with van der Waals surface area (Å²) in [6.07, 6.45) is -2.33. The Morgan fingerprint density at radius 3 is 2.58 bits per heavy atom. The number of halogens is 4. The molecule has 176 valence electrons. The van der Waals surface area contributed by atoms with Gasteiger partial charge in [0.05, 0.1) is 18.2 Å². The molecule has 3 saturated heterocycles. The van der Waals surface area contributed by atoms with Gasteiger partial charge in [-0.25, -0.2) is 4.79 Å². The number of benzene rings is 2. The van der Waals surface area contributed by atoms with Crippen molar-refractivity contribution >= 4 is 17.7 Å². The van der Waals surface area contributed by atoms with Crippen LogP contribution in [0.3, 0.4) is 0 Å². The number of hydrogen-bond acceptors (Lipinski definition) is 4. The van der Waals surface area contributed by atoms with Crippen molar-refractivity contribution in [1.82, 2.24) is 10.2 Å². The third-order valence-corrected chi connectivity index (χ3v) is 6.98. The van der Waals surface area contributed by atoms with E-state index in [4.69, 9.17) is 21.1 Å². The lowest BCUT2D eigenvalue weighted by Gasteiger charge is -2.44. The summed E-state index contributed by atoms with van der Waals surface area (Å²) in [7, 11) is 0. The van der Waals surface area contributed by atoms with E-state index >= 15 is 0 Å². The van der Waals surface area contributed by atoms with Crippen LogP contribution in [-0.4, -0.2) is 43.3 Å². The first-order valence-electron chi connectivity index (χ1n) is 11.1. The Hall–Kier alpha value is -2.45. The lowest BCUT2D eigenvalue weighted by Crippen LogP contribution is -2.52. The summed E-state index contributed by atoms with van der Waals surface area (Å²) in [5.74, 6) is 0.949. The van der Waals surface area contributed by atoms with Crippen LogP contribution in [0.25, 0.3) is 11.1 Å². The summed E-state index contributed by atoms with van der Waals surface area (Å²) >= 11 is 5.94. The van der Waals surface area contributed by atoms with Gasteiger partial charge in [-0.1, -0.05) is 23.7 Å². The summed E-state index contributed by atoms with van der Waals surface area (Å²) in [5.41, 5.74) is 0.864. The van der Waals surface area contributed by atoms with Gasteiger partial charge in [-0.3, -0.25) is 4.90 Å². The largest absolute Gasteiger partial charge is 0.493 e. The van der Waals surface area contributed by atoms with E-state index in [2.05, 4.69) is 10.2 Å². The number of alkyl carbamates (subject to hydrolysis) is 1. The minimum absolute atomic E-state index is 0.00786. The first-order valence-corrected chi connectivity index (χ1v) is 11.5. The van der Waals surface area contributed by atoms with Gasteiger partial charge in [0.2, 0.25) is 0 Å². The molecule has 0 saturated carbocycles. The van der Waals surface area contributed by atoms with Gasteiger partial charge in [-0.15, -0.1) is 0 Å². The molecule has 4 aliphatic rings. The molecule has 4 aliphatic heterocycles. The molecule has 1 unspecified atom stereocenters. The first kappa shape index (κ1) is 22.3. The van der Waals surface area contributed by atoms with E-state index in [0.717, 1.165) is 50.2 Å². The molecule has 3 fully saturated rings. The SMILES string of the molecule is O=C(NC1CCOc2cc(-c3cc(Cl)cc(C(F)(F)F)c3)ccc21)O[C@@H]1CN2CCC1CC2. The topological polar surface area (TPSA) is 50.8 Å². The van der Waals surface area contributed by atoms with E-state index in [0.29, 0.717) is 35.8 Å². The minimum Gasteiger partial charge on any atom is -0.493 e. The average Bonchev–Trinajstić information content (AvgIpc) is 2.79. The molecule has 0 aliphatic carbocycles. The molecule has 2 aromatic rings. The number of ether oxygens (including phenoxy) is 2. The maximum absolute atomic E-state index is 13.2. The van der Waals surface area contributed by atoms with E-state index in [1.54, 1.807) is 18.2 Å². The highest BCUT2D eigenvalue weighted by Crippen LogP contribution is 2.39. The molecule has 0 aromatic heterocycles. The highest BCUT2D eigenvalue weighted by atomic mass is 35.5. The molecule has 1 N–H and O–H groups in total. The number of piperidine rings is 3. The van der Waals surface area contributed by atoms with Crippen molar-refractivity contribution in [2.45, 2.75) is 37.6 Å². The molecule has 9 heteroatoms. The van der Waals surface area contributed by atoms with Gasteiger partial charge in [0.15, 0.2) is 0 Å². The van der Waals surface area contributed by atoms with Crippen LogP contribution in [0, 0.1) is 5.92 Å². The second-order valence-electron chi connectivity index (χ2n) is 8.89. The monoisotopic (exact) mass is 480 g/mol. The van der Waals surface area contributed by atoms with Crippen molar-refractivity contribution in [2.75, 3.05) is 26.2 Å². The Labute approximate surface area is 194 Å². The zero-order valence-electron chi connectivity index (χ0n) is 17.8. The summed E-state index contributed by atoms with van der Waals surface area (Å²) in [4.78, 5) is 14.9. The molecule has 4 heterocycles. The molecule has 0 radical (unpaired) electrons. The fourth-order valence-corrected chi connectivity index (χ4v) is 5.23. The molecule has 2 bridgehead atoms. The van der Waals surface area contributed by atoms with Crippen molar-refractivity contribution in [3.05, 3.63) is 52.5 Å². The van der Waals surface area contributed by atoms with E-state index in [9.17, 15) is 18.0 Å². The van der Waals surface area contributed by atoms with Crippen LogP contribution in [0.1, 0.15) is 36.4 Å². The Morgan fingerprint density at radius 2 is 1.88 bits per heavy atom. The van der Waals surface area contributed by atoms with Gasteiger partial charge >= 0.3 is 12.3 Å². The van der Waals surface area contributed by atoms with Crippen molar-refractivity contribution in [3.63, 3.8) is 0 Å². The van der Waals surface area contributed by atoms with Gasteiger partial charge in [-0.05, 0) is 67.2 Å². The van der Waals surface area contributed by atoms with E-state index in [1.165, 1.54) is 6.07 Å².